The van der Waals surface area contributed by atoms with Crippen molar-refractivity contribution >= 4 is 11.4 Å². The van der Waals surface area contributed by atoms with Gasteiger partial charge in [-0.15, -0.1) is 0 Å². The molecule has 2 N–H and O–H groups in total. The molecule has 1 fully saturated rings. The predicted octanol–water partition coefficient (Wildman–Crippen LogP) is 0.788. The molecule has 0 amide bonds. The van der Waals surface area contributed by atoms with Gasteiger partial charge in [-0.2, -0.15) is 0 Å². The Labute approximate surface area is 177 Å². The molecule has 28 heavy (non-hydrogen) atoms. The van der Waals surface area contributed by atoms with Crippen LogP contribution in [0.15, 0.2) is 73.1 Å². The lowest BCUT2D eigenvalue weighted by molar-refractivity contribution is -0.688. The standard InChI is InChI=1S/C23H26N3O.BrH/c24-21-4-3-5-23(16-21)27-18-20-8-6-19(7-9-20)17-25-14-10-22(11-15-25)26-12-1-2-13-26;/h3-11,14-16H,1-2,12-13,17-18,24H2;1H/q+1;/p-1. The summed E-state index contributed by atoms with van der Waals surface area (Å²) in [7, 11) is 0. The number of ether oxygens (including phenoxy) is 1. The van der Waals surface area contributed by atoms with Gasteiger partial charge < -0.3 is 32.4 Å². The largest absolute Gasteiger partial charge is 1.00 e. The number of pyridine rings is 1. The van der Waals surface area contributed by atoms with Crippen LogP contribution >= 0.6 is 0 Å². The minimum absolute atomic E-state index is 0. The fourth-order valence-corrected chi connectivity index (χ4v) is 3.46. The van der Waals surface area contributed by atoms with Crippen molar-refractivity contribution in [3.8, 4) is 5.75 Å². The Balaban J connectivity index is 0.00000225. The van der Waals surface area contributed by atoms with E-state index in [0.29, 0.717) is 6.61 Å². The summed E-state index contributed by atoms with van der Waals surface area (Å²) in [4.78, 5) is 2.46. The van der Waals surface area contributed by atoms with Crippen molar-refractivity contribution < 1.29 is 26.3 Å². The quantitative estimate of drug-likeness (QED) is 0.456. The van der Waals surface area contributed by atoms with Gasteiger partial charge in [0.1, 0.15) is 12.4 Å². The lowest BCUT2D eigenvalue weighted by atomic mass is 10.1. The average molecular weight is 440 g/mol. The predicted molar refractivity (Wildman–Crippen MR) is 109 cm³/mol. The Morgan fingerprint density at radius 3 is 2.25 bits per heavy atom. The van der Waals surface area contributed by atoms with Crippen LogP contribution in [0.5, 0.6) is 5.75 Å². The number of anilines is 2. The first-order chi connectivity index (χ1) is 13.3. The molecule has 0 unspecified atom stereocenters. The van der Waals surface area contributed by atoms with Gasteiger partial charge in [-0.1, -0.05) is 30.3 Å². The van der Waals surface area contributed by atoms with Crippen LogP contribution < -0.4 is 36.9 Å². The van der Waals surface area contributed by atoms with Crippen LogP contribution in [0.2, 0.25) is 0 Å². The number of benzene rings is 2. The fourth-order valence-electron chi connectivity index (χ4n) is 3.46. The van der Waals surface area contributed by atoms with Crippen LogP contribution in [0.4, 0.5) is 11.4 Å². The van der Waals surface area contributed by atoms with E-state index < -0.39 is 0 Å². The molecular weight excluding hydrogens is 414 g/mol. The number of nitrogen functional groups attached to an aromatic ring is 1. The smallest absolute Gasteiger partial charge is 0.173 e. The maximum absolute atomic E-state index is 5.80. The molecule has 0 spiro atoms. The Morgan fingerprint density at radius 2 is 1.57 bits per heavy atom. The molecule has 0 radical (unpaired) electrons. The third-order valence-corrected chi connectivity index (χ3v) is 5.00. The van der Waals surface area contributed by atoms with Gasteiger partial charge >= 0.3 is 0 Å². The molecule has 1 aliphatic heterocycles. The second-order valence-electron chi connectivity index (χ2n) is 7.10. The first-order valence-electron chi connectivity index (χ1n) is 9.56. The minimum atomic E-state index is 0. The summed E-state index contributed by atoms with van der Waals surface area (Å²) in [6.45, 7) is 3.78. The summed E-state index contributed by atoms with van der Waals surface area (Å²) in [5, 5.41) is 0. The monoisotopic (exact) mass is 439 g/mol. The van der Waals surface area contributed by atoms with Crippen LogP contribution in [-0.2, 0) is 13.2 Å². The van der Waals surface area contributed by atoms with E-state index in [1.165, 1.54) is 37.2 Å². The summed E-state index contributed by atoms with van der Waals surface area (Å²) in [5.74, 6) is 0.799. The van der Waals surface area contributed by atoms with Gasteiger partial charge in [0.15, 0.2) is 18.9 Å². The zero-order valence-electron chi connectivity index (χ0n) is 15.9. The van der Waals surface area contributed by atoms with Crippen molar-refractivity contribution in [3.05, 3.63) is 84.2 Å². The molecule has 0 bridgehead atoms. The van der Waals surface area contributed by atoms with Gasteiger partial charge in [-0.25, -0.2) is 4.57 Å². The zero-order chi connectivity index (χ0) is 18.5. The highest BCUT2D eigenvalue weighted by atomic mass is 79.9. The third-order valence-electron chi connectivity index (χ3n) is 5.00. The topological polar surface area (TPSA) is 42.4 Å². The molecule has 1 saturated heterocycles. The number of aromatic nitrogens is 1. The molecule has 146 valence electrons. The van der Waals surface area contributed by atoms with Crippen LogP contribution in [0, 0.1) is 0 Å². The molecule has 5 heteroatoms. The Bertz CT molecular complexity index is 875. The number of rotatable bonds is 6. The summed E-state index contributed by atoms with van der Waals surface area (Å²) >= 11 is 0. The van der Waals surface area contributed by atoms with Crippen molar-refractivity contribution in [1.29, 1.82) is 0 Å². The summed E-state index contributed by atoms with van der Waals surface area (Å²) < 4.78 is 8.02. The van der Waals surface area contributed by atoms with E-state index in [-0.39, 0.29) is 17.0 Å². The fraction of sp³-hybridized carbons (Fsp3) is 0.261. The van der Waals surface area contributed by atoms with Gasteiger partial charge in [0.25, 0.3) is 0 Å². The zero-order valence-corrected chi connectivity index (χ0v) is 17.5. The van der Waals surface area contributed by atoms with Gasteiger partial charge in [-0.3, -0.25) is 0 Å². The van der Waals surface area contributed by atoms with Crippen molar-refractivity contribution in [3.63, 3.8) is 0 Å². The number of hydrogen-bond acceptors (Lipinski definition) is 3. The first kappa shape index (κ1) is 20.2. The van der Waals surface area contributed by atoms with Crippen molar-refractivity contribution in [1.82, 2.24) is 0 Å². The summed E-state index contributed by atoms with van der Waals surface area (Å²) in [6.07, 6.45) is 6.96. The molecule has 4 rings (SSSR count). The maximum atomic E-state index is 5.80. The van der Waals surface area contributed by atoms with Gasteiger partial charge in [0.2, 0.25) is 0 Å². The molecule has 1 aliphatic rings. The van der Waals surface area contributed by atoms with Crippen molar-refractivity contribution in [2.75, 3.05) is 23.7 Å². The molecule has 4 nitrogen and oxygen atoms in total. The number of hydrogen-bond donors (Lipinski definition) is 1. The van der Waals surface area contributed by atoms with E-state index >= 15 is 0 Å². The molecule has 0 saturated carbocycles. The number of nitrogens with two attached hydrogens (primary N) is 1. The molecule has 2 heterocycles. The minimum Gasteiger partial charge on any atom is -1.00 e. The van der Waals surface area contributed by atoms with Crippen LogP contribution in [0.25, 0.3) is 0 Å². The normalized spacial score (nSPS) is 13.2. The van der Waals surface area contributed by atoms with E-state index in [0.717, 1.165) is 23.5 Å². The van der Waals surface area contributed by atoms with Crippen molar-refractivity contribution in [2.45, 2.75) is 26.0 Å². The molecule has 0 aliphatic carbocycles. The Kier molecular flexibility index (Phi) is 6.93. The van der Waals surface area contributed by atoms with Crippen molar-refractivity contribution in [2.24, 2.45) is 0 Å². The highest BCUT2D eigenvalue weighted by molar-refractivity contribution is 5.44. The first-order valence-corrected chi connectivity index (χ1v) is 9.56. The second kappa shape index (κ2) is 9.60. The summed E-state index contributed by atoms with van der Waals surface area (Å²) in [6, 6.07) is 20.6. The lowest BCUT2D eigenvalue weighted by Gasteiger charge is -2.16. The lowest BCUT2D eigenvalue weighted by Crippen LogP contribution is -3.00. The van der Waals surface area contributed by atoms with E-state index in [1.54, 1.807) is 0 Å². The van der Waals surface area contributed by atoms with Gasteiger partial charge in [0, 0.05) is 48.2 Å². The van der Waals surface area contributed by atoms with E-state index in [9.17, 15) is 0 Å². The summed E-state index contributed by atoms with van der Waals surface area (Å²) in [5.41, 5.74) is 10.3. The van der Waals surface area contributed by atoms with Crippen LogP contribution in [0.3, 0.4) is 0 Å². The average Bonchev–Trinajstić information content (AvgIpc) is 3.23. The maximum Gasteiger partial charge on any atom is 0.173 e. The van der Waals surface area contributed by atoms with E-state index in [4.69, 9.17) is 10.5 Å². The highest BCUT2D eigenvalue weighted by Crippen LogP contribution is 2.18. The molecule has 2 aromatic carbocycles. The number of nitrogens with zero attached hydrogens (tertiary/aromatic N) is 2. The van der Waals surface area contributed by atoms with Gasteiger partial charge in [-0.05, 0) is 30.5 Å². The SMILES string of the molecule is Nc1cccc(OCc2ccc(C[n+]3ccc(N4CCCC4)cc3)cc2)c1.[Br-]. The van der Waals surface area contributed by atoms with Gasteiger partial charge in [0.05, 0.1) is 0 Å². The van der Waals surface area contributed by atoms with E-state index in [1.807, 2.05) is 24.3 Å². The second-order valence-corrected chi connectivity index (χ2v) is 7.10. The molecule has 1 aromatic heterocycles. The molecule has 0 atom stereocenters. The van der Waals surface area contributed by atoms with Crippen LogP contribution in [-0.4, -0.2) is 13.1 Å². The number of halogens is 1. The van der Waals surface area contributed by atoms with Crippen LogP contribution in [0.1, 0.15) is 24.0 Å². The Morgan fingerprint density at radius 1 is 0.893 bits per heavy atom. The third kappa shape index (κ3) is 5.26. The highest BCUT2D eigenvalue weighted by Gasteiger charge is 2.13. The molecular formula is C23H26BrN3O. The molecule has 3 aromatic rings. The Hall–Kier alpha value is -2.53. The van der Waals surface area contributed by atoms with E-state index in [2.05, 4.69) is 58.3 Å².